The van der Waals surface area contributed by atoms with Crippen molar-refractivity contribution in [2.45, 2.75) is 200 Å². The lowest BCUT2D eigenvalue weighted by Crippen LogP contribution is -2.48. The van der Waals surface area contributed by atoms with E-state index in [1.807, 2.05) is 6.92 Å². The van der Waals surface area contributed by atoms with E-state index in [4.69, 9.17) is 17.2 Å². The molecular weight excluding hydrogens is 675 g/mol. The Kier molecular flexibility index (Phi) is 43.7. The van der Waals surface area contributed by atoms with Gasteiger partial charge in [0.05, 0.1) is 38.8 Å². The number of nitrogens with two attached hydrogens (primary N) is 3. The SMILES string of the molecule is CCCCCCCCCCCCCC[N+](C)(CCCCCCCCCCCCCC)CCN=C([O-])C(C)(CCCCN)N=C(N)N.Cl.Cl.Cl. The van der Waals surface area contributed by atoms with Crippen molar-refractivity contribution < 1.29 is 9.59 Å². The molecule has 0 heterocycles. The molecule has 0 fully saturated rings. The molecule has 298 valence electrons. The number of rotatable bonds is 35. The maximum absolute atomic E-state index is 13.2. The van der Waals surface area contributed by atoms with Gasteiger partial charge in [-0.3, -0.25) is 4.99 Å². The summed E-state index contributed by atoms with van der Waals surface area (Å²) in [5.41, 5.74) is 16.1. The number of hydrogen-bond acceptors (Lipinski definition) is 4. The number of guanidine groups is 1. The molecule has 0 aromatic carbocycles. The number of aliphatic imine (C=N–C) groups is 2. The largest absolute Gasteiger partial charge is 0.860 e. The Bertz CT molecular complexity index is 712. The highest BCUT2D eigenvalue weighted by Crippen LogP contribution is 2.20. The summed E-state index contributed by atoms with van der Waals surface area (Å²) < 4.78 is 0.998. The molecule has 1 atom stereocenters. The Morgan fingerprint density at radius 1 is 0.551 bits per heavy atom. The molecule has 0 aliphatic rings. The quantitative estimate of drug-likeness (QED) is 0.0257. The van der Waals surface area contributed by atoms with Crippen molar-refractivity contribution in [1.82, 2.24) is 0 Å². The first-order chi connectivity index (χ1) is 22.2. The van der Waals surface area contributed by atoms with Crippen LogP contribution >= 0.6 is 37.2 Å². The van der Waals surface area contributed by atoms with Gasteiger partial charge in [0.2, 0.25) is 0 Å². The van der Waals surface area contributed by atoms with Crippen molar-refractivity contribution in [3.05, 3.63) is 0 Å². The van der Waals surface area contributed by atoms with Gasteiger partial charge in [-0.25, -0.2) is 4.99 Å². The van der Waals surface area contributed by atoms with Crippen molar-refractivity contribution in [2.75, 3.05) is 39.8 Å². The first-order valence-electron chi connectivity index (χ1n) is 20.1. The average Bonchev–Trinajstić information content (AvgIpc) is 3.02. The molecule has 6 N–H and O–H groups in total. The molecule has 0 amide bonds. The summed E-state index contributed by atoms with van der Waals surface area (Å²) in [4.78, 5) is 8.83. The number of likely N-dealkylation sites (N-methyl/N-ethyl adjacent to an activating group) is 1. The lowest BCUT2D eigenvalue weighted by Gasteiger charge is -2.35. The zero-order valence-electron chi connectivity index (χ0n) is 32.8. The van der Waals surface area contributed by atoms with Crippen molar-refractivity contribution in [2.24, 2.45) is 27.2 Å². The molecule has 0 spiro atoms. The molecule has 0 radical (unpaired) electrons. The van der Waals surface area contributed by atoms with Gasteiger partial charge in [-0.15, -0.1) is 37.2 Å². The van der Waals surface area contributed by atoms with Crippen molar-refractivity contribution in [1.29, 1.82) is 0 Å². The Morgan fingerprint density at radius 3 is 1.22 bits per heavy atom. The molecule has 0 aromatic heterocycles. The molecule has 0 saturated heterocycles. The molecule has 10 heteroatoms. The molecule has 0 aliphatic heterocycles. The van der Waals surface area contributed by atoms with E-state index in [2.05, 4.69) is 30.9 Å². The van der Waals surface area contributed by atoms with Gasteiger partial charge >= 0.3 is 0 Å². The van der Waals surface area contributed by atoms with Crippen LogP contribution in [0.2, 0.25) is 0 Å². The third-order valence-electron chi connectivity index (χ3n) is 9.95. The van der Waals surface area contributed by atoms with Gasteiger partial charge in [-0.2, -0.15) is 0 Å². The maximum atomic E-state index is 13.2. The molecule has 0 saturated carbocycles. The maximum Gasteiger partial charge on any atom is 0.186 e. The first-order valence-corrected chi connectivity index (χ1v) is 20.1. The molecule has 0 bridgehead atoms. The summed E-state index contributed by atoms with van der Waals surface area (Å²) in [5, 5.41) is 13.2. The van der Waals surface area contributed by atoms with Crippen LogP contribution in [-0.2, 0) is 0 Å². The lowest BCUT2D eigenvalue weighted by atomic mass is 9.95. The predicted molar refractivity (Wildman–Crippen MR) is 224 cm³/mol. The van der Waals surface area contributed by atoms with E-state index >= 15 is 0 Å². The van der Waals surface area contributed by atoms with Crippen molar-refractivity contribution >= 4 is 49.1 Å². The minimum Gasteiger partial charge on any atom is -0.860 e. The third-order valence-corrected chi connectivity index (χ3v) is 9.95. The summed E-state index contributed by atoms with van der Waals surface area (Å²) in [6.45, 7) is 10.7. The normalized spacial score (nSPS) is 12.8. The standard InChI is InChI=1S/C39H82N6O.3ClH/c1-5-7-9-11-13-15-17-19-21-23-25-29-34-45(4,35-30-26-24-22-20-18-16-14-12-10-8-6-2)36-33-43-37(46)39(3,44-38(41)42)31-27-28-32-40;;;/h5-36,40H2,1-4H3,(H4-,41,42,43,44,46);3*1H. The van der Waals surface area contributed by atoms with Crippen molar-refractivity contribution in [3.8, 4) is 0 Å². The van der Waals surface area contributed by atoms with Crippen LogP contribution < -0.4 is 22.3 Å². The summed E-state index contributed by atoms with van der Waals surface area (Å²) in [5.74, 6) is -0.265. The summed E-state index contributed by atoms with van der Waals surface area (Å²) in [7, 11) is 2.38. The second-order valence-corrected chi connectivity index (χ2v) is 14.8. The van der Waals surface area contributed by atoms with E-state index in [0.717, 1.165) is 23.9 Å². The fraction of sp³-hybridized carbons (Fsp3) is 0.949. The van der Waals surface area contributed by atoms with E-state index < -0.39 is 5.54 Å². The van der Waals surface area contributed by atoms with Gasteiger partial charge in [0.1, 0.15) is 0 Å². The molecule has 7 nitrogen and oxygen atoms in total. The van der Waals surface area contributed by atoms with E-state index in [1.165, 1.54) is 167 Å². The third kappa shape index (κ3) is 34.4. The fourth-order valence-corrected chi connectivity index (χ4v) is 6.68. The monoisotopic (exact) mass is 759 g/mol. The van der Waals surface area contributed by atoms with E-state index in [1.54, 1.807) is 0 Å². The zero-order chi connectivity index (χ0) is 34.2. The topological polar surface area (TPSA) is 126 Å². The minimum atomic E-state index is -0.998. The van der Waals surface area contributed by atoms with E-state index in [9.17, 15) is 5.11 Å². The van der Waals surface area contributed by atoms with E-state index in [0.29, 0.717) is 19.5 Å². The number of halogens is 3. The molecule has 0 aliphatic carbocycles. The Balaban J connectivity index is -0.00000337. The van der Waals surface area contributed by atoms with Gasteiger partial charge in [0.15, 0.2) is 5.96 Å². The second-order valence-electron chi connectivity index (χ2n) is 14.8. The minimum absolute atomic E-state index is 0. The van der Waals surface area contributed by atoms with E-state index in [-0.39, 0.29) is 49.1 Å². The highest BCUT2D eigenvalue weighted by molar-refractivity contribution is 5.87. The summed E-state index contributed by atoms with van der Waals surface area (Å²) >= 11 is 0. The van der Waals surface area contributed by atoms with Crippen molar-refractivity contribution in [3.63, 3.8) is 0 Å². The van der Waals surface area contributed by atoms with Gasteiger partial charge in [-0.05, 0) is 64.3 Å². The summed E-state index contributed by atoms with van der Waals surface area (Å²) in [6.07, 6.45) is 35.1. The van der Waals surface area contributed by atoms with Gasteiger partial charge in [0.25, 0.3) is 0 Å². The van der Waals surface area contributed by atoms with Crippen LogP contribution in [0.1, 0.15) is 194 Å². The summed E-state index contributed by atoms with van der Waals surface area (Å²) in [6, 6.07) is 0. The Morgan fingerprint density at radius 2 is 0.898 bits per heavy atom. The smallest absolute Gasteiger partial charge is 0.186 e. The van der Waals surface area contributed by atoms with Gasteiger partial charge in [0, 0.05) is 0 Å². The molecular formula is C39H85Cl3N6O. The Labute approximate surface area is 324 Å². The lowest BCUT2D eigenvalue weighted by molar-refractivity contribution is -0.908. The molecule has 1 unspecified atom stereocenters. The number of hydrogen-bond donors (Lipinski definition) is 3. The molecule has 0 rings (SSSR count). The van der Waals surface area contributed by atoms with Crippen LogP contribution in [0.15, 0.2) is 9.98 Å². The van der Waals surface area contributed by atoms with Crippen LogP contribution in [0.25, 0.3) is 0 Å². The number of unbranched alkanes of at least 4 members (excludes halogenated alkanes) is 23. The van der Waals surface area contributed by atoms with Gasteiger partial charge in [-0.1, -0.05) is 142 Å². The predicted octanol–water partition coefficient (Wildman–Crippen LogP) is 10.0. The molecule has 49 heavy (non-hydrogen) atoms. The highest BCUT2D eigenvalue weighted by atomic mass is 35.5. The first kappa shape index (κ1) is 55.3. The Hall–Kier alpha value is -0.470. The number of quaternary nitrogens is 1. The molecule has 0 aromatic rings. The average molecular weight is 761 g/mol. The van der Waals surface area contributed by atoms with Crippen LogP contribution in [0, 0.1) is 0 Å². The zero-order valence-corrected chi connectivity index (χ0v) is 35.3. The van der Waals surface area contributed by atoms with Crippen LogP contribution in [0.3, 0.4) is 0 Å². The van der Waals surface area contributed by atoms with Crippen LogP contribution in [-0.4, -0.2) is 61.7 Å². The van der Waals surface area contributed by atoms with Gasteiger partial charge < -0.3 is 26.8 Å². The highest BCUT2D eigenvalue weighted by Gasteiger charge is 2.25. The number of nitrogens with zero attached hydrogens (tertiary/aromatic N) is 3. The fourth-order valence-electron chi connectivity index (χ4n) is 6.68. The second kappa shape index (κ2) is 38.8. The van der Waals surface area contributed by atoms with Crippen LogP contribution in [0.4, 0.5) is 0 Å². The van der Waals surface area contributed by atoms with Crippen LogP contribution in [0.5, 0.6) is 0 Å².